The fraction of sp³-hybridized carbons (Fsp3) is 0.625. The van der Waals surface area contributed by atoms with Gasteiger partial charge >= 0.3 is 0 Å². The molecule has 0 saturated carbocycles. The van der Waals surface area contributed by atoms with Crippen LogP contribution in [0.4, 0.5) is 0 Å². The van der Waals surface area contributed by atoms with Crippen molar-refractivity contribution in [3.63, 3.8) is 0 Å². The molecule has 0 fully saturated rings. The van der Waals surface area contributed by atoms with Crippen molar-refractivity contribution >= 4 is 5.78 Å². The van der Waals surface area contributed by atoms with E-state index in [2.05, 4.69) is 6.58 Å². The lowest BCUT2D eigenvalue weighted by atomic mass is 9.93. The molecule has 3 heteroatoms. The van der Waals surface area contributed by atoms with Crippen LogP contribution in [-0.4, -0.2) is 28.2 Å². The number of ketones is 1. The molecule has 0 amide bonds. The molecule has 0 spiro atoms. The summed E-state index contributed by atoms with van der Waals surface area (Å²) in [4.78, 5) is 11.1. The summed E-state index contributed by atoms with van der Waals surface area (Å²) in [6.07, 6.45) is 0.0543. The Morgan fingerprint density at radius 1 is 1.64 bits per heavy atom. The summed E-state index contributed by atoms with van der Waals surface area (Å²) in [5.74, 6) is -0.411. The lowest BCUT2D eigenvalue weighted by Crippen LogP contribution is -2.36. The highest BCUT2D eigenvalue weighted by Crippen LogP contribution is 2.13. The van der Waals surface area contributed by atoms with Crippen LogP contribution in [0.5, 0.6) is 0 Å². The molecule has 0 radical (unpaired) electrons. The molecule has 0 aromatic carbocycles. The van der Waals surface area contributed by atoms with Crippen molar-refractivity contribution in [1.82, 2.24) is 0 Å². The van der Waals surface area contributed by atoms with Crippen LogP contribution in [0.25, 0.3) is 0 Å². The molecule has 64 valence electrons. The third kappa shape index (κ3) is 2.82. The first-order valence-electron chi connectivity index (χ1n) is 3.45. The number of rotatable bonds is 4. The minimum Gasteiger partial charge on any atom is -0.396 e. The molecule has 0 aliphatic rings. The lowest BCUT2D eigenvalue weighted by Gasteiger charge is -2.20. The van der Waals surface area contributed by atoms with Crippen LogP contribution in [0.3, 0.4) is 0 Å². The summed E-state index contributed by atoms with van der Waals surface area (Å²) in [6.45, 7) is 6.12. The highest BCUT2D eigenvalue weighted by Gasteiger charge is 2.29. The van der Waals surface area contributed by atoms with Crippen molar-refractivity contribution in [1.29, 1.82) is 0 Å². The van der Waals surface area contributed by atoms with Crippen LogP contribution < -0.4 is 0 Å². The maximum absolute atomic E-state index is 11.1. The third-order valence-electron chi connectivity index (χ3n) is 1.48. The number of carbonyl (C=O) groups excluding carboxylic acids is 1. The number of carbonyl (C=O) groups is 1. The Bertz CT molecular complexity index is 170. The van der Waals surface area contributed by atoms with Gasteiger partial charge in [0.2, 0.25) is 0 Å². The van der Waals surface area contributed by atoms with Crippen LogP contribution in [0.1, 0.15) is 20.3 Å². The molecule has 0 heterocycles. The van der Waals surface area contributed by atoms with E-state index in [9.17, 15) is 9.90 Å². The summed E-state index contributed by atoms with van der Waals surface area (Å²) in [5, 5.41) is 17.9. The van der Waals surface area contributed by atoms with Gasteiger partial charge in [-0.2, -0.15) is 0 Å². The molecule has 0 aliphatic carbocycles. The summed E-state index contributed by atoms with van der Waals surface area (Å²) in [6, 6.07) is 0. The molecular formula is C8H14O3. The Morgan fingerprint density at radius 2 is 2.09 bits per heavy atom. The van der Waals surface area contributed by atoms with Crippen molar-refractivity contribution < 1.29 is 15.0 Å². The summed E-state index contributed by atoms with van der Waals surface area (Å²) in [7, 11) is 0. The van der Waals surface area contributed by atoms with Crippen molar-refractivity contribution in [2.45, 2.75) is 25.9 Å². The maximum Gasteiger partial charge on any atom is 0.189 e. The van der Waals surface area contributed by atoms with E-state index in [1.165, 1.54) is 13.8 Å². The van der Waals surface area contributed by atoms with E-state index in [0.717, 1.165) is 0 Å². The first-order valence-corrected chi connectivity index (χ1v) is 3.45. The topological polar surface area (TPSA) is 57.5 Å². The molecule has 0 aromatic heterocycles. The third-order valence-corrected chi connectivity index (χ3v) is 1.48. The van der Waals surface area contributed by atoms with Gasteiger partial charge in [-0.3, -0.25) is 4.79 Å². The van der Waals surface area contributed by atoms with Crippen LogP contribution in [-0.2, 0) is 4.79 Å². The smallest absolute Gasteiger partial charge is 0.189 e. The Hall–Kier alpha value is -0.670. The first kappa shape index (κ1) is 10.3. The predicted molar refractivity (Wildman–Crippen MR) is 42.1 cm³/mol. The summed E-state index contributed by atoms with van der Waals surface area (Å²) >= 11 is 0. The van der Waals surface area contributed by atoms with Crippen LogP contribution in [0, 0.1) is 0 Å². The zero-order valence-electron chi connectivity index (χ0n) is 6.92. The second kappa shape index (κ2) is 3.64. The zero-order chi connectivity index (χ0) is 9.07. The molecule has 1 atom stereocenters. The molecule has 2 N–H and O–H groups in total. The van der Waals surface area contributed by atoms with Gasteiger partial charge in [-0.25, -0.2) is 0 Å². The fourth-order valence-electron chi connectivity index (χ4n) is 0.791. The van der Waals surface area contributed by atoms with Crippen molar-refractivity contribution in [2.75, 3.05) is 6.61 Å². The Balaban J connectivity index is 4.29. The van der Waals surface area contributed by atoms with Gasteiger partial charge in [0.25, 0.3) is 0 Å². The molecule has 0 bridgehead atoms. The van der Waals surface area contributed by atoms with Crippen LogP contribution >= 0.6 is 0 Å². The van der Waals surface area contributed by atoms with Gasteiger partial charge in [0, 0.05) is 13.0 Å². The van der Waals surface area contributed by atoms with Gasteiger partial charge in [0.1, 0.15) is 5.60 Å². The highest BCUT2D eigenvalue weighted by atomic mass is 16.3. The Morgan fingerprint density at radius 3 is 2.36 bits per heavy atom. The van der Waals surface area contributed by atoms with Crippen LogP contribution in [0.15, 0.2) is 12.2 Å². The fourth-order valence-corrected chi connectivity index (χ4v) is 0.791. The van der Waals surface area contributed by atoms with Crippen molar-refractivity contribution in [3.8, 4) is 0 Å². The molecule has 0 aliphatic heterocycles. The van der Waals surface area contributed by atoms with E-state index in [1.54, 1.807) is 0 Å². The number of hydrogen-bond acceptors (Lipinski definition) is 3. The standard InChI is InChI=1S/C8H14O3/c1-6(2)7(10)8(3,11)4-5-9/h9,11H,1,4-5H2,2-3H3. The van der Waals surface area contributed by atoms with Crippen LogP contribution in [0.2, 0.25) is 0 Å². The molecule has 3 nitrogen and oxygen atoms in total. The highest BCUT2D eigenvalue weighted by molar-refractivity contribution is 6.00. The van der Waals surface area contributed by atoms with E-state index in [1.807, 2.05) is 0 Å². The quantitative estimate of drug-likeness (QED) is 0.577. The van der Waals surface area contributed by atoms with Gasteiger partial charge in [0.15, 0.2) is 5.78 Å². The minimum atomic E-state index is -1.46. The Labute approximate surface area is 66.4 Å². The number of aliphatic hydroxyl groups is 2. The largest absolute Gasteiger partial charge is 0.396 e. The van der Waals surface area contributed by atoms with Crippen molar-refractivity contribution in [2.24, 2.45) is 0 Å². The van der Waals surface area contributed by atoms with Gasteiger partial charge in [-0.15, -0.1) is 0 Å². The predicted octanol–water partition coefficient (Wildman–Crippen LogP) is 0.265. The second-order valence-electron chi connectivity index (χ2n) is 2.86. The van der Waals surface area contributed by atoms with E-state index in [0.29, 0.717) is 5.57 Å². The van der Waals surface area contributed by atoms with E-state index < -0.39 is 11.4 Å². The van der Waals surface area contributed by atoms with Gasteiger partial charge in [-0.1, -0.05) is 6.58 Å². The number of Topliss-reactive ketones (excluding diaryl/α,β-unsaturated/α-hetero) is 1. The van der Waals surface area contributed by atoms with Gasteiger partial charge < -0.3 is 10.2 Å². The van der Waals surface area contributed by atoms with E-state index in [-0.39, 0.29) is 13.0 Å². The average molecular weight is 158 g/mol. The molecule has 11 heavy (non-hydrogen) atoms. The van der Waals surface area contributed by atoms with Gasteiger partial charge in [0.05, 0.1) is 0 Å². The first-order chi connectivity index (χ1) is 4.91. The van der Waals surface area contributed by atoms with Gasteiger partial charge in [-0.05, 0) is 19.4 Å². The Kier molecular flexibility index (Phi) is 3.42. The second-order valence-corrected chi connectivity index (χ2v) is 2.86. The molecule has 0 rings (SSSR count). The molecule has 0 aromatic rings. The van der Waals surface area contributed by atoms with E-state index in [4.69, 9.17) is 5.11 Å². The summed E-state index contributed by atoms with van der Waals surface area (Å²) < 4.78 is 0. The SMILES string of the molecule is C=C(C)C(=O)C(C)(O)CCO. The molecular weight excluding hydrogens is 144 g/mol. The molecule has 0 saturated heterocycles. The maximum atomic E-state index is 11.1. The zero-order valence-corrected chi connectivity index (χ0v) is 6.92. The lowest BCUT2D eigenvalue weighted by molar-refractivity contribution is -0.132. The monoisotopic (exact) mass is 158 g/mol. The number of aliphatic hydroxyl groups excluding tert-OH is 1. The van der Waals surface area contributed by atoms with E-state index >= 15 is 0 Å². The minimum absolute atomic E-state index is 0.0543. The summed E-state index contributed by atoms with van der Waals surface area (Å²) in [5.41, 5.74) is -1.15. The average Bonchev–Trinajstić information content (AvgIpc) is 1.86. The molecule has 1 unspecified atom stereocenters. The van der Waals surface area contributed by atoms with Crippen molar-refractivity contribution in [3.05, 3.63) is 12.2 Å². The number of hydrogen-bond donors (Lipinski definition) is 2. The normalized spacial score (nSPS) is 15.6.